The van der Waals surface area contributed by atoms with Crippen LogP contribution in [0.5, 0.6) is 0 Å². The number of hydrogen-bond acceptors (Lipinski definition) is 2. The number of fused-ring (bicyclic) bond motifs is 4. The summed E-state index contributed by atoms with van der Waals surface area (Å²) < 4.78 is 2.63. The molecule has 0 aliphatic rings. The molecule has 1 heterocycles. The van der Waals surface area contributed by atoms with Gasteiger partial charge in [0.15, 0.2) is 0 Å². The lowest BCUT2D eigenvalue weighted by molar-refractivity contribution is 1.28. The van der Waals surface area contributed by atoms with Crippen LogP contribution < -0.4 is 4.90 Å². The Labute approximate surface area is 319 Å². The van der Waals surface area contributed by atoms with Crippen molar-refractivity contribution in [2.45, 2.75) is 0 Å². The summed E-state index contributed by atoms with van der Waals surface area (Å²) >= 11 is 1.86. The van der Waals surface area contributed by atoms with Crippen LogP contribution in [0.3, 0.4) is 0 Å². The van der Waals surface area contributed by atoms with Crippen molar-refractivity contribution >= 4 is 59.3 Å². The summed E-state index contributed by atoms with van der Waals surface area (Å²) in [6.45, 7) is 0. The van der Waals surface area contributed by atoms with Crippen LogP contribution in [0.25, 0.3) is 75.5 Å². The van der Waals surface area contributed by atoms with Gasteiger partial charge in [0, 0.05) is 37.0 Å². The molecule has 0 aliphatic carbocycles. The Balaban J connectivity index is 1.10. The third-order valence-electron chi connectivity index (χ3n) is 10.5. The minimum atomic E-state index is 1.10. The maximum Gasteiger partial charge on any atom is 0.0540 e. The fraction of sp³-hybridized carbons (Fsp3) is 0. The normalized spacial score (nSPS) is 11.3. The van der Waals surface area contributed by atoms with Gasteiger partial charge in [-0.05, 0) is 98.8 Å². The molecular formula is C52H35NS. The van der Waals surface area contributed by atoms with Gasteiger partial charge in [-0.3, -0.25) is 0 Å². The fourth-order valence-corrected chi connectivity index (χ4v) is 8.88. The highest BCUT2D eigenvalue weighted by Gasteiger charge is 2.21. The van der Waals surface area contributed by atoms with Gasteiger partial charge in [-0.1, -0.05) is 158 Å². The molecule has 0 N–H and O–H groups in total. The molecule has 0 radical (unpaired) electrons. The van der Waals surface area contributed by atoms with Crippen molar-refractivity contribution in [2.24, 2.45) is 0 Å². The van der Waals surface area contributed by atoms with Crippen molar-refractivity contribution in [3.8, 4) is 44.5 Å². The third-order valence-corrected chi connectivity index (χ3v) is 11.6. The first-order valence-corrected chi connectivity index (χ1v) is 19.2. The van der Waals surface area contributed by atoms with E-state index in [1.807, 2.05) is 11.3 Å². The maximum absolute atomic E-state index is 2.43. The second-order valence-corrected chi connectivity index (χ2v) is 14.8. The molecule has 0 spiro atoms. The van der Waals surface area contributed by atoms with Crippen molar-refractivity contribution in [1.29, 1.82) is 0 Å². The van der Waals surface area contributed by atoms with Crippen LogP contribution in [-0.4, -0.2) is 0 Å². The van der Waals surface area contributed by atoms with Crippen LogP contribution in [0.2, 0.25) is 0 Å². The van der Waals surface area contributed by atoms with E-state index in [0.717, 1.165) is 17.1 Å². The van der Waals surface area contributed by atoms with Crippen LogP contribution in [0.15, 0.2) is 212 Å². The number of rotatable bonds is 7. The quantitative estimate of drug-likeness (QED) is 0.160. The fourth-order valence-electron chi connectivity index (χ4n) is 7.79. The smallest absolute Gasteiger partial charge is 0.0540 e. The molecule has 0 amide bonds. The van der Waals surface area contributed by atoms with Gasteiger partial charge >= 0.3 is 0 Å². The van der Waals surface area contributed by atoms with Gasteiger partial charge < -0.3 is 4.90 Å². The molecule has 10 aromatic rings. The Morgan fingerprint density at radius 3 is 1.65 bits per heavy atom. The molecule has 0 bridgehead atoms. The first-order chi connectivity index (χ1) is 26.8. The van der Waals surface area contributed by atoms with Gasteiger partial charge in [-0.2, -0.15) is 0 Å². The predicted octanol–water partition coefficient (Wildman–Crippen LogP) is 15.3. The Morgan fingerprint density at radius 1 is 0.296 bits per heavy atom. The van der Waals surface area contributed by atoms with Crippen LogP contribution in [-0.2, 0) is 0 Å². The lowest BCUT2D eigenvalue weighted by Gasteiger charge is -2.30. The summed E-state index contributed by atoms with van der Waals surface area (Å²) in [5.74, 6) is 0. The molecule has 0 aliphatic heterocycles. The van der Waals surface area contributed by atoms with Gasteiger partial charge in [0.2, 0.25) is 0 Å². The largest absolute Gasteiger partial charge is 0.309 e. The highest BCUT2D eigenvalue weighted by atomic mass is 32.1. The lowest BCUT2D eigenvalue weighted by atomic mass is 9.96. The molecule has 0 unspecified atom stereocenters. The first-order valence-electron chi connectivity index (χ1n) is 18.4. The minimum Gasteiger partial charge on any atom is -0.309 e. The summed E-state index contributed by atoms with van der Waals surface area (Å²) in [5.41, 5.74) is 12.9. The highest BCUT2D eigenvalue weighted by molar-refractivity contribution is 7.25. The number of hydrogen-bond donors (Lipinski definition) is 0. The van der Waals surface area contributed by atoms with Crippen LogP contribution in [0.4, 0.5) is 17.1 Å². The monoisotopic (exact) mass is 705 g/mol. The first kappa shape index (κ1) is 32.0. The zero-order valence-electron chi connectivity index (χ0n) is 29.6. The van der Waals surface area contributed by atoms with Crippen molar-refractivity contribution in [1.82, 2.24) is 0 Å². The van der Waals surface area contributed by atoms with Crippen LogP contribution >= 0.6 is 11.3 Å². The predicted molar refractivity (Wildman–Crippen MR) is 233 cm³/mol. The summed E-state index contributed by atoms with van der Waals surface area (Å²) in [7, 11) is 0. The second kappa shape index (κ2) is 13.7. The average molecular weight is 706 g/mol. The summed E-state index contributed by atoms with van der Waals surface area (Å²) in [6.07, 6.45) is 0. The van der Waals surface area contributed by atoms with Crippen LogP contribution in [0, 0.1) is 0 Å². The van der Waals surface area contributed by atoms with Crippen LogP contribution in [0.1, 0.15) is 0 Å². The molecule has 10 rings (SSSR count). The van der Waals surface area contributed by atoms with Crippen molar-refractivity contribution < 1.29 is 0 Å². The summed E-state index contributed by atoms with van der Waals surface area (Å²) in [5, 5.41) is 5.12. The Morgan fingerprint density at radius 2 is 0.852 bits per heavy atom. The van der Waals surface area contributed by atoms with Gasteiger partial charge in [0.25, 0.3) is 0 Å². The standard InChI is InChI=1S/C52H35NS/c1-2-14-38(15-3-1)45-19-6-9-22-49(45)53(50-23-10-7-20-46(50)43-29-32-52-48(35-43)47-21-8-11-24-51(47)54-52)44-30-27-37(28-31-44)40-17-12-18-41(33-40)42-26-25-36-13-4-5-16-39(36)34-42/h1-35H. The molecule has 254 valence electrons. The molecule has 0 atom stereocenters. The van der Waals surface area contributed by atoms with E-state index in [0.29, 0.717) is 0 Å². The Bertz CT molecular complexity index is 2940. The topological polar surface area (TPSA) is 3.24 Å². The van der Waals surface area contributed by atoms with Gasteiger partial charge in [-0.25, -0.2) is 0 Å². The van der Waals surface area contributed by atoms with E-state index in [1.165, 1.54) is 75.5 Å². The zero-order chi connectivity index (χ0) is 35.8. The van der Waals surface area contributed by atoms with E-state index in [4.69, 9.17) is 0 Å². The van der Waals surface area contributed by atoms with E-state index in [9.17, 15) is 0 Å². The Kier molecular flexibility index (Phi) is 8.09. The number of thiophene rings is 1. The molecule has 1 nitrogen and oxygen atoms in total. The lowest BCUT2D eigenvalue weighted by Crippen LogP contribution is -2.12. The minimum absolute atomic E-state index is 1.10. The van der Waals surface area contributed by atoms with Crippen molar-refractivity contribution in [3.63, 3.8) is 0 Å². The van der Waals surface area contributed by atoms with E-state index >= 15 is 0 Å². The van der Waals surface area contributed by atoms with Gasteiger partial charge in [-0.15, -0.1) is 11.3 Å². The number of nitrogens with zero attached hydrogens (tertiary/aromatic N) is 1. The van der Waals surface area contributed by atoms with E-state index in [-0.39, 0.29) is 0 Å². The number of anilines is 3. The second-order valence-electron chi connectivity index (χ2n) is 13.7. The Hall–Kier alpha value is -6.74. The number of para-hydroxylation sites is 2. The maximum atomic E-state index is 2.43. The molecular weight excluding hydrogens is 671 g/mol. The molecule has 2 heteroatoms. The highest BCUT2D eigenvalue weighted by Crippen LogP contribution is 2.46. The molecule has 1 aromatic heterocycles. The third kappa shape index (κ3) is 5.84. The van der Waals surface area contributed by atoms with Crippen molar-refractivity contribution in [3.05, 3.63) is 212 Å². The summed E-state index contributed by atoms with van der Waals surface area (Å²) in [4.78, 5) is 2.43. The molecule has 9 aromatic carbocycles. The van der Waals surface area contributed by atoms with E-state index in [2.05, 4.69) is 217 Å². The van der Waals surface area contributed by atoms with E-state index < -0.39 is 0 Å². The zero-order valence-corrected chi connectivity index (χ0v) is 30.4. The molecule has 54 heavy (non-hydrogen) atoms. The molecule has 0 saturated heterocycles. The SMILES string of the molecule is c1ccc(-c2ccccc2N(c2ccc(-c3cccc(-c4ccc5ccccc5c4)c3)cc2)c2ccccc2-c2ccc3sc4ccccc4c3c2)cc1. The van der Waals surface area contributed by atoms with Gasteiger partial charge in [0.05, 0.1) is 11.4 Å². The van der Waals surface area contributed by atoms with E-state index in [1.54, 1.807) is 0 Å². The average Bonchev–Trinajstić information content (AvgIpc) is 3.63. The number of benzene rings is 9. The summed E-state index contributed by atoms with van der Waals surface area (Å²) in [6, 6.07) is 77.2. The molecule has 0 fully saturated rings. The van der Waals surface area contributed by atoms with Crippen molar-refractivity contribution in [2.75, 3.05) is 4.90 Å². The van der Waals surface area contributed by atoms with Gasteiger partial charge in [0.1, 0.15) is 0 Å². The molecule has 0 saturated carbocycles.